The number of carbonyl (C=O) groups excluding carboxylic acids is 2. The van der Waals surface area contributed by atoms with Crippen LogP contribution in [0.4, 0.5) is 11.4 Å². The second-order valence-corrected chi connectivity index (χ2v) is 6.51. The standard InChI is InChI=1S/C20H23N3O4/c1-22(2)9-10-23-17-12-15(7-8-18(17)27-13-19(23)24)21-20(25)14-5-4-6-16(11-14)26-3/h4-8,11-12H,9-10,13H2,1-3H3,(H,21,25). The van der Waals surface area contributed by atoms with Crippen molar-refractivity contribution in [1.82, 2.24) is 4.90 Å². The van der Waals surface area contributed by atoms with Crippen LogP contribution >= 0.6 is 0 Å². The number of likely N-dealkylation sites (N-methyl/N-ethyl adjacent to an activating group) is 1. The molecule has 0 aromatic heterocycles. The number of carbonyl (C=O) groups is 2. The van der Waals surface area contributed by atoms with Crippen LogP contribution in [0.5, 0.6) is 11.5 Å². The first-order valence-corrected chi connectivity index (χ1v) is 8.65. The van der Waals surface area contributed by atoms with Crippen LogP contribution in [0.25, 0.3) is 0 Å². The lowest BCUT2D eigenvalue weighted by Gasteiger charge is -2.30. The van der Waals surface area contributed by atoms with Gasteiger partial charge < -0.3 is 24.6 Å². The van der Waals surface area contributed by atoms with Gasteiger partial charge in [0.05, 0.1) is 12.8 Å². The van der Waals surface area contributed by atoms with Crippen molar-refractivity contribution in [2.45, 2.75) is 0 Å². The molecule has 2 aromatic carbocycles. The fourth-order valence-corrected chi connectivity index (χ4v) is 2.79. The number of rotatable bonds is 6. The topological polar surface area (TPSA) is 71.1 Å². The fraction of sp³-hybridized carbons (Fsp3) is 0.300. The van der Waals surface area contributed by atoms with E-state index in [-0.39, 0.29) is 18.4 Å². The summed E-state index contributed by atoms with van der Waals surface area (Å²) in [6.07, 6.45) is 0. The lowest BCUT2D eigenvalue weighted by atomic mass is 10.1. The van der Waals surface area contributed by atoms with Crippen LogP contribution in [-0.4, -0.2) is 57.6 Å². The summed E-state index contributed by atoms with van der Waals surface area (Å²) in [5.41, 5.74) is 1.75. The van der Waals surface area contributed by atoms with Crippen molar-refractivity contribution in [2.75, 3.05) is 51.1 Å². The number of ether oxygens (including phenoxy) is 2. The Labute approximate surface area is 158 Å². The number of anilines is 2. The summed E-state index contributed by atoms with van der Waals surface area (Å²) in [7, 11) is 5.47. The number of hydrogen-bond donors (Lipinski definition) is 1. The largest absolute Gasteiger partial charge is 0.497 e. The van der Waals surface area contributed by atoms with Gasteiger partial charge in [-0.05, 0) is 50.5 Å². The predicted molar refractivity (Wildman–Crippen MR) is 104 cm³/mol. The van der Waals surface area contributed by atoms with Gasteiger partial charge in [0.25, 0.3) is 11.8 Å². The van der Waals surface area contributed by atoms with Gasteiger partial charge in [-0.3, -0.25) is 9.59 Å². The lowest BCUT2D eigenvalue weighted by Crippen LogP contribution is -2.42. The third-order valence-corrected chi connectivity index (χ3v) is 4.26. The molecule has 1 aliphatic rings. The molecule has 0 radical (unpaired) electrons. The second-order valence-electron chi connectivity index (χ2n) is 6.51. The molecule has 0 fully saturated rings. The minimum Gasteiger partial charge on any atom is -0.497 e. The summed E-state index contributed by atoms with van der Waals surface area (Å²) in [6.45, 7) is 1.30. The quantitative estimate of drug-likeness (QED) is 0.846. The Hall–Kier alpha value is -3.06. The van der Waals surface area contributed by atoms with Gasteiger partial charge in [0.2, 0.25) is 0 Å². The third kappa shape index (κ3) is 4.38. The number of nitrogens with zero attached hydrogens (tertiary/aromatic N) is 2. The third-order valence-electron chi connectivity index (χ3n) is 4.26. The van der Waals surface area contributed by atoms with E-state index >= 15 is 0 Å². The van der Waals surface area contributed by atoms with Crippen molar-refractivity contribution in [3.05, 3.63) is 48.0 Å². The normalized spacial score (nSPS) is 13.2. The molecule has 0 bridgehead atoms. The summed E-state index contributed by atoms with van der Waals surface area (Å²) in [6, 6.07) is 12.2. The number of hydrogen-bond acceptors (Lipinski definition) is 5. The molecule has 0 spiro atoms. The number of nitrogens with one attached hydrogen (secondary N) is 1. The molecule has 0 aliphatic carbocycles. The molecule has 7 heteroatoms. The average molecular weight is 369 g/mol. The van der Waals surface area contributed by atoms with Crippen LogP contribution in [0, 0.1) is 0 Å². The maximum atomic E-state index is 12.5. The Kier molecular flexibility index (Phi) is 5.61. The number of fused-ring (bicyclic) bond motifs is 1. The zero-order chi connectivity index (χ0) is 19.4. The smallest absolute Gasteiger partial charge is 0.265 e. The van der Waals surface area contributed by atoms with E-state index in [9.17, 15) is 9.59 Å². The van der Waals surface area contributed by atoms with Gasteiger partial charge in [-0.2, -0.15) is 0 Å². The van der Waals surface area contributed by atoms with Crippen molar-refractivity contribution < 1.29 is 19.1 Å². The molecular formula is C20H23N3O4. The highest BCUT2D eigenvalue weighted by Crippen LogP contribution is 2.34. The molecule has 0 saturated carbocycles. The number of methoxy groups -OCH3 is 1. The van der Waals surface area contributed by atoms with Gasteiger partial charge in [-0.1, -0.05) is 6.07 Å². The summed E-state index contributed by atoms with van der Waals surface area (Å²) in [5.74, 6) is 0.895. The van der Waals surface area contributed by atoms with Gasteiger partial charge in [0.1, 0.15) is 11.5 Å². The Bertz CT molecular complexity index is 851. The lowest BCUT2D eigenvalue weighted by molar-refractivity contribution is -0.121. The Morgan fingerprint density at radius 3 is 2.81 bits per heavy atom. The Balaban J connectivity index is 1.81. The first-order valence-electron chi connectivity index (χ1n) is 8.65. The van der Waals surface area contributed by atoms with Crippen LogP contribution in [0.15, 0.2) is 42.5 Å². The van der Waals surface area contributed by atoms with Crippen molar-refractivity contribution in [3.8, 4) is 11.5 Å². The van der Waals surface area contributed by atoms with Crippen LogP contribution in [-0.2, 0) is 4.79 Å². The SMILES string of the molecule is COc1cccc(C(=O)Nc2ccc3c(c2)N(CCN(C)C)C(=O)CO3)c1. The maximum Gasteiger partial charge on any atom is 0.265 e. The minimum atomic E-state index is -0.253. The molecule has 7 nitrogen and oxygen atoms in total. The number of benzene rings is 2. The van der Waals surface area contributed by atoms with E-state index < -0.39 is 0 Å². The van der Waals surface area contributed by atoms with E-state index in [0.29, 0.717) is 35.0 Å². The molecule has 3 rings (SSSR count). The highest BCUT2D eigenvalue weighted by Gasteiger charge is 2.26. The molecule has 0 unspecified atom stereocenters. The first-order chi connectivity index (χ1) is 13.0. The summed E-state index contributed by atoms with van der Waals surface area (Å²) >= 11 is 0. The summed E-state index contributed by atoms with van der Waals surface area (Å²) in [5, 5.41) is 2.86. The number of amides is 2. The van der Waals surface area contributed by atoms with Gasteiger partial charge >= 0.3 is 0 Å². The van der Waals surface area contributed by atoms with Gasteiger partial charge in [0, 0.05) is 24.3 Å². The fourth-order valence-electron chi connectivity index (χ4n) is 2.79. The zero-order valence-corrected chi connectivity index (χ0v) is 15.7. The molecule has 1 N–H and O–H groups in total. The predicted octanol–water partition coefficient (Wildman–Crippen LogP) is 2.23. The van der Waals surface area contributed by atoms with Crippen molar-refractivity contribution >= 4 is 23.2 Å². The highest BCUT2D eigenvalue weighted by atomic mass is 16.5. The average Bonchev–Trinajstić information content (AvgIpc) is 2.67. The second kappa shape index (κ2) is 8.09. The van der Waals surface area contributed by atoms with E-state index in [2.05, 4.69) is 5.32 Å². The van der Waals surface area contributed by atoms with Crippen molar-refractivity contribution in [2.24, 2.45) is 0 Å². The molecule has 27 heavy (non-hydrogen) atoms. The minimum absolute atomic E-state index is 0.0238. The van der Waals surface area contributed by atoms with E-state index in [1.165, 1.54) is 0 Å². The Morgan fingerprint density at radius 1 is 1.26 bits per heavy atom. The monoisotopic (exact) mass is 369 g/mol. The first kappa shape index (κ1) is 18.7. The van der Waals surface area contributed by atoms with Gasteiger partial charge in [0.15, 0.2) is 6.61 Å². The van der Waals surface area contributed by atoms with Gasteiger partial charge in [-0.25, -0.2) is 0 Å². The van der Waals surface area contributed by atoms with Crippen LogP contribution in [0.3, 0.4) is 0 Å². The molecule has 1 aliphatic heterocycles. The molecule has 1 heterocycles. The van der Waals surface area contributed by atoms with Crippen molar-refractivity contribution in [1.29, 1.82) is 0 Å². The molecule has 142 valence electrons. The Morgan fingerprint density at radius 2 is 2.07 bits per heavy atom. The van der Waals surface area contributed by atoms with Crippen LogP contribution < -0.4 is 19.7 Å². The summed E-state index contributed by atoms with van der Waals surface area (Å²) < 4.78 is 10.7. The van der Waals surface area contributed by atoms with Crippen LogP contribution in [0.1, 0.15) is 10.4 Å². The van der Waals surface area contributed by atoms with Crippen LogP contribution in [0.2, 0.25) is 0 Å². The van der Waals surface area contributed by atoms with E-state index in [0.717, 1.165) is 6.54 Å². The van der Waals surface area contributed by atoms with Crippen molar-refractivity contribution in [3.63, 3.8) is 0 Å². The summed E-state index contributed by atoms with van der Waals surface area (Å²) in [4.78, 5) is 28.5. The molecule has 2 aromatic rings. The zero-order valence-electron chi connectivity index (χ0n) is 15.7. The molecule has 2 amide bonds. The molecular weight excluding hydrogens is 346 g/mol. The molecule has 0 atom stereocenters. The van der Waals surface area contributed by atoms with E-state index in [4.69, 9.17) is 9.47 Å². The maximum absolute atomic E-state index is 12.5. The highest BCUT2D eigenvalue weighted by molar-refractivity contribution is 6.05. The van der Waals surface area contributed by atoms with E-state index in [1.807, 2.05) is 19.0 Å². The molecule has 0 saturated heterocycles. The van der Waals surface area contributed by atoms with E-state index in [1.54, 1.807) is 54.5 Å². The van der Waals surface area contributed by atoms with Gasteiger partial charge in [-0.15, -0.1) is 0 Å².